The van der Waals surface area contributed by atoms with Gasteiger partial charge in [-0.2, -0.15) is 0 Å². The highest BCUT2D eigenvalue weighted by Gasteiger charge is 2.35. The van der Waals surface area contributed by atoms with Gasteiger partial charge in [-0.05, 0) is 45.9 Å². The molecule has 20 heavy (non-hydrogen) atoms. The van der Waals surface area contributed by atoms with Crippen molar-refractivity contribution < 1.29 is 14.3 Å². The molecule has 0 radical (unpaired) electrons. The van der Waals surface area contributed by atoms with Crippen LogP contribution in [0.3, 0.4) is 0 Å². The number of halogens is 1. The van der Waals surface area contributed by atoms with Crippen molar-refractivity contribution in [1.29, 1.82) is 0 Å². The van der Waals surface area contributed by atoms with Gasteiger partial charge in [0.2, 0.25) is 0 Å². The van der Waals surface area contributed by atoms with Gasteiger partial charge in [-0.3, -0.25) is 10.1 Å². The van der Waals surface area contributed by atoms with Crippen molar-refractivity contribution in [3.05, 3.63) is 30.1 Å². The van der Waals surface area contributed by atoms with Crippen LogP contribution in [-0.4, -0.2) is 35.7 Å². The first-order valence-corrected chi connectivity index (χ1v) is 6.80. The van der Waals surface area contributed by atoms with Gasteiger partial charge in [0, 0.05) is 24.8 Å². The van der Waals surface area contributed by atoms with E-state index in [9.17, 15) is 14.3 Å². The third-order valence-corrected chi connectivity index (χ3v) is 3.14. The van der Waals surface area contributed by atoms with Crippen LogP contribution in [0, 0.1) is 5.82 Å². The standard InChI is InChI=1S/C15H23FN2O2/c1-5-18(13-8-6-7-12(16)9-13)10-15(4,14(19)20)17-11(2)3/h6-9,11,17H,5,10H2,1-4H3,(H,19,20). The molecule has 2 N–H and O–H groups in total. The molecule has 1 atom stereocenters. The van der Waals surface area contributed by atoms with Crippen LogP contribution < -0.4 is 10.2 Å². The summed E-state index contributed by atoms with van der Waals surface area (Å²) in [5.41, 5.74) is -0.401. The van der Waals surface area contributed by atoms with Crippen molar-refractivity contribution in [1.82, 2.24) is 5.32 Å². The third kappa shape index (κ3) is 4.20. The quantitative estimate of drug-likeness (QED) is 0.807. The summed E-state index contributed by atoms with van der Waals surface area (Å²) in [6.45, 7) is 8.24. The van der Waals surface area contributed by atoms with E-state index < -0.39 is 11.5 Å². The molecule has 0 amide bonds. The second-order valence-corrected chi connectivity index (χ2v) is 5.43. The van der Waals surface area contributed by atoms with Crippen molar-refractivity contribution in [2.24, 2.45) is 0 Å². The number of carboxylic acid groups (broad SMARTS) is 1. The Morgan fingerprint density at radius 3 is 2.60 bits per heavy atom. The summed E-state index contributed by atoms with van der Waals surface area (Å²) in [6.07, 6.45) is 0. The average molecular weight is 282 g/mol. The summed E-state index contributed by atoms with van der Waals surface area (Å²) < 4.78 is 13.3. The zero-order valence-electron chi connectivity index (χ0n) is 12.5. The average Bonchev–Trinajstić information content (AvgIpc) is 2.35. The first-order valence-electron chi connectivity index (χ1n) is 6.80. The Labute approximate surface area is 119 Å². The lowest BCUT2D eigenvalue weighted by Crippen LogP contribution is -2.59. The van der Waals surface area contributed by atoms with Gasteiger partial charge in [-0.15, -0.1) is 0 Å². The molecule has 1 unspecified atom stereocenters. The molecular formula is C15H23FN2O2. The summed E-state index contributed by atoms with van der Waals surface area (Å²) >= 11 is 0. The van der Waals surface area contributed by atoms with E-state index >= 15 is 0 Å². The minimum absolute atomic E-state index is 0.0438. The van der Waals surface area contributed by atoms with Crippen molar-refractivity contribution in [2.75, 3.05) is 18.0 Å². The van der Waals surface area contributed by atoms with Crippen molar-refractivity contribution >= 4 is 11.7 Å². The fourth-order valence-corrected chi connectivity index (χ4v) is 2.25. The van der Waals surface area contributed by atoms with Gasteiger partial charge in [-0.1, -0.05) is 6.07 Å². The Morgan fingerprint density at radius 1 is 1.50 bits per heavy atom. The molecule has 0 aromatic heterocycles. The number of likely N-dealkylation sites (N-methyl/N-ethyl adjacent to an activating group) is 1. The summed E-state index contributed by atoms with van der Waals surface area (Å²) in [5.74, 6) is -1.24. The predicted molar refractivity (Wildman–Crippen MR) is 78.6 cm³/mol. The van der Waals surface area contributed by atoms with E-state index in [4.69, 9.17) is 0 Å². The number of carboxylic acids is 1. The van der Waals surface area contributed by atoms with Crippen molar-refractivity contribution in [2.45, 2.75) is 39.3 Å². The molecule has 0 fully saturated rings. The summed E-state index contributed by atoms with van der Waals surface area (Å²) in [5, 5.41) is 12.5. The van der Waals surface area contributed by atoms with Crippen LogP contribution in [-0.2, 0) is 4.79 Å². The first-order chi connectivity index (χ1) is 9.28. The lowest BCUT2D eigenvalue weighted by atomic mass is 10.00. The maximum absolute atomic E-state index is 13.3. The molecule has 0 spiro atoms. The van der Waals surface area contributed by atoms with Crippen LogP contribution in [0.4, 0.5) is 10.1 Å². The lowest BCUT2D eigenvalue weighted by molar-refractivity contribution is -0.144. The molecule has 4 nitrogen and oxygen atoms in total. The van der Waals surface area contributed by atoms with E-state index in [0.29, 0.717) is 12.2 Å². The Morgan fingerprint density at radius 2 is 2.15 bits per heavy atom. The van der Waals surface area contributed by atoms with E-state index in [-0.39, 0.29) is 18.4 Å². The molecule has 0 aliphatic carbocycles. The molecule has 0 aliphatic rings. The molecular weight excluding hydrogens is 259 g/mol. The van der Waals surface area contributed by atoms with Crippen LogP contribution >= 0.6 is 0 Å². The van der Waals surface area contributed by atoms with Crippen LogP contribution in [0.25, 0.3) is 0 Å². The van der Waals surface area contributed by atoms with Crippen molar-refractivity contribution in [3.8, 4) is 0 Å². The van der Waals surface area contributed by atoms with E-state index in [1.54, 1.807) is 19.1 Å². The van der Waals surface area contributed by atoms with Gasteiger partial charge in [0.15, 0.2) is 0 Å². The van der Waals surface area contributed by atoms with Gasteiger partial charge in [0.1, 0.15) is 11.4 Å². The fraction of sp³-hybridized carbons (Fsp3) is 0.533. The summed E-state index contributed by atoms with van der Waals surface area (Å²) in [6, 6.07) is 6.24. The monoisotopic (exact) mass is 282 g/mol. The molecule has 0 heterocycles. The highest BCUT2D eigenvalue weighted by molar-refractivity contribution is 5.79. The number of aliphatic carboxylic acids is 1. The number of nitrogens with one attached hydrogen (secondary N) is 1. The molecule has 0 saturated carbocycles. The Kier molecular flexibility index (Phi) is 5.51. The maximum atomic E-state index is 13.3. The van der Waals surface area contributed by atoms with E-state index in [0.717, 1.165) is 0 Å². The zero-order chi connectivity index (χ0) is 15.3. The van der Waals surface area contributed by atoms with E-state index in [2.05, 4.69) is 5.32 Å². The van der Waals surface area contributed by atoms with E-state index in [1.807, 2.05) is 25.7 Å². The number of carbonyl (C=O) groups is 1. The van der Waals surface area contributed by atoms with Gasteiger partial charge in [0.25, 0.3) is 0 Å². The normalized spacial score (nSPS) is 14.1. The topological polar surface area (TPSA) is 52.6 Å². The third-order valence-electron chi connectivity index (χ3n) is 3.14. The van der Waals surface area contributed by atoms with E-state index in [1.165, 1.54) is 12.1 Å². The number of benzene rings is 1. The zero-order valence-corrected chi connectivity index (χ0v) is 12.5. The predicted octanol–water partition coefficient (Wildman–Crippen LogP) is 2.49. The first kappa shape index (κ1) is 16.4. The summed E-state index contributed by atoms with van der Waals surface area (Å²) in [7, 11) is 0. The molecule has 1 rings (SSSR count). The minimum atomic E-state index is -1.09. The number of anilines is 1. The summed E-state index contributed by atoms with van der Waals surface area (Å²) in [4.78, 5) is 13.4. The van der Waals surface area contributed by atoms with Crippen LogP contribution in [0.15, 0.2) is 24.3 Å². The van der Waals surface area contributed by atoms with Gasteiger partial charge in [0.05, 0.1) is 0 Å². The Bertz CT molecular complexity index is 465. The molecule has 0 bridgehead atoms. The fourth-order valence-electron chi connectivity index (χ4n) is 2.25. The Hall–Kier alpha value is -1.62. The molecule has 1 aromatic rings. The molecule has 1 aromatic carbocycles. The van der Waals surface area contributed by atoms with Crippen LogP contribution in [0.1, 0.15) is 27.7 Å². The largest absolute Gasteiger partial charge is 0.480 e. The molecule has 5 heteroatoms. The lowest BCUT2D eigenvalue weighted by Gasteiger charge is -2.35. The van der Waals surface area contributed by atoms with Crippen molar-refractivity contribution in [3.63, 3.8) is 0 Å². The second kappa shape index (κ2) is 6.70. The smallest absolute Gasteiger partial charge is 0.325 e. The number of hydrogen-bond acceptors (Lipinski definition) is 3. The maximum Gasteiger partial charge on any atom is 0.325 e. The number of nitrogens with zero attached hydrogens (tertiary/aromatic N) is 1. The van der Waals surface area contributed by atoms with Crippen LogP contribution in [0.5, 0.6) is 0 Å². The van der Waals surface area contributed by atoms with Gasteiger partial charge < -0.3 is 10.0 Å². The van der Waals surface area contributed by atoms with Gasteiger partial charge >= 0.3 is 5.97 Å². The second-order valence-electron chi connectivity index (χ2n) is 5.43. The number of hydrogen-bond donors (Lipinski definition) is 2. The molecule has 112 valence electrons. The Balaban J connectivity index is 2.97. The highest BCUT2D eigenvalue weighted by atomic mass is 19.1. The van der Waals surface area contributed by atoms with Crippen LogP contribution in [0.2, 0.25) is 0 Å². The minimum Gasteiger partial charge on any atom is -0.480 e. The highest BCUT2D eigenvalue weighted by Crippen LogP contribution is 2.19. The van der Waals surface area contributed by atoms with Gasteiger partial charge in [-0.25, -0.2) is 4.39 Å². The SMILES string of the molecule is CCN(CC(C)(NC(C)C)C(=O)O)c1cccc(F)c1. The number of rotatable bonds is 7. The molecule has 0 aliphatic heterocycles. The molecule has 0 saturated heterocycles.